The first-order chi connectivity index (χ1) is 14.4. The largest absolute Gasteiger partial charge is 0.294 e. The fourth-order valence-corrected chi connectivity index (χ4v) is 4.12. The molecule has 0 saturated carbocycles. The number of para-hydroxylation sites is 1. The second-order valence-corrected chi connectivity index (χ2v) is 7.04. The second-order valence-electron chi connectivity index (χ2n) is 7.04. The molecule has 3 aromatic carbocycles. The molecule has 4 nitrogen and oxygen atoms in total. The molecule has 0 radical (unpaired) electrons. The standard InChI is InChI=1S/C25H16N4/c1-2-6-17(7-3-1)18-14-21-20-8-4-5-9-23(20)29(19-10-12-26-13-11-19)25-24(21)22(15-18)27-16-28-25/h1-16H. The summed E-state index contributed by atoms with van der Waals surface area (Å²) in [4.78, 5) is 15.7. The number of aromatic nitrogens is 3. The molecule has 2 aromatic heterocycles. The van der Waals surface area contributed by atoms with Gasteiger partial charge in [-0.15, -0.1) is 0 Å². The first kappa shape index (κ1) is 16.0. The Morgan fingerprint density at radius 2 is 1.45 bits per heavy atom. The van der Waals surface area contributed by atoms with E-state index >= 15 is 0 Å². The minimum absolute atomic E-state index is 0.898. The van der Waals surface area contributed by atoms with Gasteiger partial charge in [0.2, 0.25) is 0 Å². The number of hydrogen-bond acceptors (Lipinski definition) is 4. The number of nitrogens with zero attached hydrogens (tertiary/aromatic N) is 4. The van der Waals surface area contributed by atoms with Crippen molar-refractivity contribution in [2.45, 2.75) is 0 Å². The highest BCUT2D eigenvalue weighted by atomic mass is 15.2. The average molecular weight is 372 g/mol. The molecule has 5 aromatic rings. The normalized spacial score (nSPS) is 12.1. The predicted molar refractivity (Wildman–Crippen MR) is 116 cm³/mol. The van der Waals surface area contributed by atoms with Gasteiger partial charge in [0.25, 0.3) is 0 Å². The highest BCUT2D eigenvalue weighted by molar-refractivity contribution is 6.12. The number of hydrogen-bond donors (Lipinski definition) is 0. The van der Waals surface area contributed by atoms with E-state index in [4.69, 9.17) is 4.98 Å². The fraction of sp³-hybridized carbons (Fsp3) is 0. The summed E-state index contributed by atoms with van der Waals surface area (Å²) in [6.45, 7) is 0. The van der Waals surface area contributed by atoms with E-state index in [0.717, 1.165) is 39.2 Å². The van der Waals surface area contributed by atoms with Crippen molar-refractivity contribution in [3.05, 3.63) is 97.6 Å². The van der Waals surface area contributed by atoms with E-state index in [1.807, 2.05) is 30.6 Å². The Morgan fingerprint density at radius 3 is 2.31 bits per heavy atom. The molecule has 0 bridgehead atoms. The maximum atomic E-state index is 4.69. The molecule has 0 fully saturated rings. The van der Waals surface area contributed by atoms with Crippen LogP contribution in [0.15, 0.2) is 97.6 Å². The molecule has 0 N–H and O–H groups in total. The Bertz CT molecular complexity index is 1350. The minimum atomic E-state index is 0.898. The van der Waals surface area contributed by atoms with E-state index in [0.29, 0.717) is 0 Å². The van der Waals surface area contributed by atoms with Gasteiger partial charge >= 0.3 is 0 Å². The number of benzene rings is 3. The third-order valence-electron chi connectivity index (χ3n) is 5.39. The Kier molecular flexibility index (Phi) is 3.43. The molecule has 0 saturated heterocycles. The van der Waals surface area contributed by atoms with Crippen molar-refractivity contribution in [1.29, 1.82) is 0 Å². The SMILES string of the molecule is c1ccc(-c2cc3c4c(ncnc4c2)N(c2ccncc2)c2ccccc2-3)cc1. The average Bonchev–Trinajstić information content (AvgIpc) is 2.80. The summed E-state index contributed by atoms with van der Waals surface area (Å²) in [5.74, 6) is 0.898. The number of fused-ring (bicyclic) bond motifs is 2. The Labute approximate surface area is 168 Å². The van der Waals surface area contributed by atoms with Crippen LogP contribution in [-0.4, -0.2) is 15.0 Å². The molecule has 1 aliphatic heterocycles. The van der Waals surface area contributed by atoms with Gasteiger partial charge in [0.1, 0.15) is 12.1 Å². The van der Waals surface area contributed by atoms with Crippen molar-refractivity contribution >= 4 is 28.1 Å². The second kappa shape index (κ2) is 6.24. The molecule has 6 rings (SSSR count). The van der Waals surface area contributed by atoms with Crippen LogP contribution in [0.4, 0.5) is 17.2 Å². The van der Waals surface area contributed by atoms with Crippen LogP contribution in [0.25, 0.3) is 33.2 Å². The molecule has 1 aliphatic rings. The van der Waals surface area contributed by atoms with Crippen molar-refractivity contribution in [2.24, 2.45) is 0 Å². The zero-order valence-electron chi connectivity index (χ0n) is 15.5. The van der Waals surface area contributed by atoms with Crippen LogP contribution in [0.2, 0.25) is 0 Å². The van der Waals surface area contributed by atoms with Crippen LogP contribution in [0.5, 0.6) is 0 Å². The molecule has 0 amide bonds. The number of anilines is 3. The monoisotopic (exact) mass is 372 g/mol. The van der Waals surface area contributed by atoms with Gasteiger partial charge in [0, 0.05) is 18.0 Å². The Hall–Kier alpha value is -4.05. The summed E-state index contributed by atoms with van der Waals surface area (Å²) in [5, 5.41) is 1.07. The maximum absolute atomic E-state index is 4.69. The zero-order chi connectivity index (χ0) is 19.2. The van der Waals surface area contributed by atoms with Crippen LogP contribution in [-0.2, 0) is 0 Å². The molecule has 0 unspecified atom stereocenters. The lowest BCUT2D eigenvalue weighted by atomic mass is 9.91. The molecule has 0 spiro atoms. The van der Waals surface area contributed by atoms with Crippen molar-refractivity contribution in [1.82, 2.24) is 15.0 Å². The summed E-state index contributed by atoms with van der Waals surface area (Å²) in [6, 6.07) is 27.3. The van der Waals surface area contributed by atoms with Crippen molar-refractivity contribution in [3.63, 3.8) is 0 Å². The number of rotatable bonds is 2. The number of pyridine rings is 1. The van der Waals surface area contributed by atoms with Crippen molar-refractivity contribution in [2.75, 3.05) is 4.90 Å². The lowest BCUT2D eigenvalue weighted by Gasteiger charge is -2.32. The molecule has 29 heavy (non-hydrogen) atoms. The zero-order valence-corrected chi connectivity index (χ0v) is 15.5. The van der Waals surface area contributed by atoms with Crippen LogP contribution in [0.1, 0.15) is 0 Å². The van der Waals surface area contributed by atoms with E-state index in [1.165, 1.54) is 11.1 Å². The highest BCUT2D eigenvalue weighted by Gasteiger charge is 2.27. The van der Waals surface area contributed by atoms with Gasteiger partial charge in [-0.1, -0.05) is 48.5 Å². The molecule has 136 valence electrons. The van der Waals surface area contributed by atoms with Gasteiger partial charge in [-0.25, -0.2) is 9.97 Å². The summed E-state index contributed by atoms with van der Waals surface area (Å²) in [5.41, 5.74) is 7.76. The van der Waals surface area contributed by atoms with E-state index < -0.39 is 0 Å². The predicted octanol–water partition coefficient (Wildman–Crippen LogP) is 6.14. The molecule has 0 atom stereocenters. The first-order valence-electron chi connectivity index (χ1n) is 9.54. The summed E-state index contributed by atoms with van der Waals surface area (Å²) >= 11 is 0. The van der Waals surface area contributed by atoms with Gasteiger partial charge in [-0.3, -0.25) is 9.88 Å². The Morgan fingerprint density at radius 1 is 0.655 bits per heavy atom. The van der Waals surface area contributed by atoms with Crippen LogP contribution in [0, 0.1) is 0 Å². The lowest BCUT2D eigenvalue weighted by molar-refractivity contribution is 1.14. The van der Waals surface area contributed by atoms with Gasteiger partial charge in [-0.2, -0.15) is 0 Å². The van der Waals surface area contributed by atoms with Crippen LogP contribution in [0.3, 0.4) is 0 Å². The maximum Gasteiger partial charge on any atom is 0.149 e. The van der Waals surface area contributed by atoms with E-state index in [9.17, 15) is 0 Å². The summed E-state index contributed by atoms with van der Waals surface area (Å²) in [7, 11) is 0. The lowest BCUT2D eigenvalue weighted by Crippen LogP contribution is -2.16. The first-order valence-corrected chi connectivity index (χ1v) is 9.54. The van der Waals surface area contributed by atoms with E-state index in [1.54, 1.807) is 6.33 Å². The third kappa shape index (κ3) is 2.43. The topological polar surface area (TPSA) is 41.9 Å². The van der Waals surface area contributed by atoms with Gasteiger partial charge in [0.15, 0.2) is 0 Å². The smallest absolute Gasteiger partial charge is 0.149 e. The summed E-state index contributed by atoms with van der Waals surface area (Å²) < 4.78 is 0. The molecule has 4 heteroatoms. The van der Waals surface area contributed by atoms with E-state index in [-0.39, 0.29) is 0 Å². The van der Waals surface area contributed by atoms with E-state index in [2.05, 4.69) is 75.5 Å². The molecule has 0 aliphatic carbocycles. The van der Waals surface area contributed by atoms with Crippen molar-refractivity contribution in [3.8, 4) is 22.3 Å². The quantitative estimate of drug-likeness (QED) is 0.366. The van der Waals surface area contributed by atoms with Gasteiger partial charge < -0.3 is 0 Å². The van der Waals surface area contributed by atoms with Gasteiger partial charge in [-0.05, 0) is 47.0 Å². The molecule has 3 heterocycles. The summed E-state index contributed by atoms with van der Waals surface area (Å²) in [6.07, 6.45) is 5.27. The third-order valence-corrected chi connectivity index (χ3v) is 5.39. The fourth-order valence-electron chi connectivity index (χ4n) is 4.12. The minimum Gasteiger partial charge on any atom is -0.294 e. The van der Waals surface area contributed by atoms with Crippen LogP contribution < -0.4 is 4.90 Å². The van der Waals surface area contributed by atoms with Crippen LogP contribution >= 0.6 is 0 Å². The molecular weight excluding hydrogens is 356 g/mol. The molecular formula is C25H16N4. The highest BCUT2D eigenvalue weighted by Crippen LogP contribution is 2.50. The van der Waals surface area contributed by atoms with Gasteiger partial charge in [0.05, 0.1) is 22.3 Å². The van der Waals surface area contributed by atoms with Crippen molar-refractivity contribution < 1.29 is 0 Å². The Balaban J connectivity index is 1.71.